The van der Waals surface area contributed by atoms with Crippen molar-refractivity contribution in [1.29, 1.82) is 0 Å². The number of hydrogen-bond acceptors (Lipinski definition) is 7. The van der Waals surface area contributed by atoms with Crippen LogP contribution >= 0.6 is 23.2 Å². The Balaban J connectivity index is 1.98. The summed E-state index contributed by atoms with van der Waals surface area (Å²) in [7, 11) is -2.19. The van der Waals surface area contributed by atoms with Crippen LogP contribution in [0.3, 0.4) is 0 Å². The molecule has 8 nitrogen and oxygen atoms in total. The van der Waals surface area contributed by atoms with Gasteiger partial charge in [-0.1, -0.05) is 29.3 Å². The molecule has 0 bridgehead atoms. The van der Waals surface area contributed by atoms with Gasteiger partial charge in [-0.2, -0.15) is 5.10 Å². The fraction of sp³-hybridized carbons (Fsp3) is 0.190. The van der Waals surface area contributed by atoms with Crippen LogP contribution in [-0.2, 0) is 9.84 Å². The summed E-state index contributed by atoms with van der Waals surface area (Å²) >= 11 is 12.5. The molecule has 0 saturated carbocycles. The normalized spacial score (nSPS) is 11.7. The number of anilines is 2. The van der Waals surface area contributed by atoms with Gasteiger partial charge in [-0.05, 0) is 31.2 Å². The highest BCUT2D eigenvalue weighted by Gasteiger charge is 2.24. The molecule has 0 atom stereocenters. The standard InChI is InChI=1S/C21H18Cl2FN5O3S/c1-4-29(15-9-17(33(3,30)31)12(23)8-11(15)22)21-26-14-10-25-28-19(14)20(27-21)18-13(24)6-5-7-16(18)32-2/h5-10H,4H2,1-3H3,(H,25,28). The van der Waals surface area contributed by atoms with Crippen molar-refractivity contribution < 1.29 is 17.5 Å². The van der Waals surface area contributed by atoms with Gasteiger partial charge in [0, 0.05) is 12.8 Å². The van der Waals surface area contributed by atoms with Crippen LogP contribution in [0, 0.1) is 5.82 Å². The zero-order chi connectivity index (χ0) is 23.9. The van der Waals surface area contributed by atoms with E-state index in [-0.39, 0.29) is 37.9 Å². The van der Waals surface area contributed by atoms with Crippen molar-refractivity contribution in [2.75, 3.05) is 24.8 Å². The first kappa shape index (κ1) is 23.2. The SMILES string of the molecule is CCN(c1nc(-c2c(F)cccc2OC)c2[nH]ncc2n1)c1cc(S(C)(=O)=O)c(Cl)cc1Cl. The molecule has 0 fully saturated rings. The lowest BCUT2D eigenvalue weighted by Gasteiger charge is -2.24. The lowest BCUT2D eigenvalue weighted by atomic mass is 10.1. The summed E-state index contributed by atoms with van der Waals surface area (Å²) in [6.45, 7) is 2.14. The summed E-state index contributed by atoms with van der Waals surface area (Å²) < 4.78 is 44.7. The number of methoxy groups -OCH3 is 1. The Hall–Kier alpha value is -2.95. The predicted molar refractivity (Wildman–Crippen MR) is 126 cm³/mol. The van der Waals surface area contributed by atoms with Crippen molar-refractivity contribution in [2.24, 2.45) is 0 Å². The summed E-state index contributed by atoms with van der Waals surface area (Å²) in [4.78, 5) is 10.7. The topological polar surface area (TPSA) is 101 Å². The predicted octanol–water partition coefficient (Wildman–Crippen LogP) is 5.04. The molecule has 0 spiro atoms. The molecule has 33 heavy (non-hydrogen) atoms. The van der Waals surface area contributed by atoms with Crippen LogP contribution in [0.25, 0.3) is 22.3 Å². The molecule has 4 aromatic rings. The van der Waals surface area contributed by atoms with E-state index < -0.39 is 15.7 Å². The number of aromatic nitrogens is 4. The van der Waals surface area contributed by atoms with Crippen molar-refractivity contribution in [3.05, 3.63) is 52.4 Å². The molecule has 0 saturated heterocycles. The summed E-state index contributed by atoms with van der Waals surface area (Å²) in [6, 6.07) is 7.18. The Morgan fingerprint density at radius 2 is 1.94 bits per heavy atom. The number of halogens is 3. The molecule has 172 valence electrons. The monoisotopic (exact) mass is 509 g/mol. The minimum atomic E-state index is -3.63. The second-order valence-corrected chi connectivity index (χ2v) is 9.87. The maximum atomic E-state index is 14.9. The highest BCUT2D eigenvalue weighted by molar-refractivity contribution is 7.90. The molecule has 2 aromatic carbocycles. The van der Waals surface area contributed by atoms with E-state index in [1.165, 1.54) is 37.6 Å². The van der Waals surface area contributed by atoms with Crippen LogP contribution in [0.15, 0.2) is 41.4 Å². The number of nitrogens with one attached hydrogen (secondary N) is 1. The van der Waals surface area contributed by atoms with E-state index in [0.29, 0.717) is 23.3 Å². The highest BCUT2D eigenvalue weighted by Crippen LogP contribution is 2.39. The molecule has 1 N–H and O–H groups in total. The van der Waals surface area contributed by atoms with E-state index in [4.69, 9.17) is 27.9 Å². The minimum absolute atomic E-state index is 0.00490. The van der Waals surface area contributed by atoms with E-state index in [2.05, 4.69) is 20.2 Å². The molecule has 0 radical (unpaired) electrons. The van der Waals surface area contributed by atoms with Gasteiger partial charge in [-0.15, -0.1) is 0 Å². The molecule has 0 aliphatic carbocycles. The number of hydrogen-bond donors (Lipinski definition) is 1. The fourth-order valence-corrected chi connectivity index (χ4v) is 5.11. The summed E-state index contributed by atoms with van der Waals surface area (Å²) in [5.41, 5.74) is 1.53. The average Bonchev–Trinajstić information content (AvgIpc) is 3.23. The van der Waals surface area contributed by atoms with E-state index in [1.807, 2.05) is 6.92 Å². The van der Waals surface area contributed by atoms with Gasteiger partial charge >= 0.3 is 0 Å². The minimum Gasteiger partial charge on any atom is -0.496 e. The van der Waals surface area contributed by atoms with Crippen LogP contribution in [-0.4, -0.2) is 48.5 Å². The number of sulfone groups is 1. The van der Waals surface area contributed by atoms with Crippen molar-refractivity contribution in [3.63, 3.8) is 0 Å². The summed E-state index contributed by atoms with van der Waals surface area (Å²) in [6.07, 6.45) is 2.54. The Bertz CT molecular complexity index is 1480. The molecule has 12 heteroatoms. The van der Waals surface area contributed by atoms with E-state index >= 15 is 0 Å². The number of rotatable bonds is 6. The molecule has 0 amide bonds. The molecule has 0 aliphatic rings. The van der Waals surface area contributed by atoms with E-state index in [9.17, 15) is 12.8 Å². The number of benzene rings is 2. The van der Waals surface area contributed by atoms with Gasteiger partial charge in [0.25, 0.3) is 0 Å². The quantitative estimate of drug-likeness (QED) is 0.388. The zero-order valence-electron chi connectivity index (χ0n) is 17.7. The largest absolute Gasteiger partial charge is 0.496 e. The molecular formula is C21H18Cl2FN5O3S. The van der Waals surface area contributed by atoms with Crippen molar-refractivity contribution >= 4 is 55.7 Å². The first-order valence-electron chi connectivity index (χ1n) is 9.66. The third kappa shape index (κ3) is 4.21. The molecule has 0 aliphatic heterocycles. The van der Waals surface area contributed by atoms with Gasteiger partial charge < -0.3 is 9.64 Å². The van der Waals surface area contributed by atoms with Gasteiger partial charge in [0.1, 0.15) is 28.3 Å². The number of nitrogens with zero attached hydrogens (tertiary/aromatic N) is 4. The van der Waals surface area contributed by atoms with Gasteiger partial charge in [0.15, 0.2) is 9.84 Å². The van der Waals surface area contributed by atoms with Crippen LogP contribution in [0.5, 0.6) is 5.75 Å². The van der Waals surface area contributed by atoms with E-state index in [0.717, 1.165) is 6.26 Å². The third-order valence-corrected chi connectivity index (χ3v) is 6.83. The number of aromatic amines is 1. The zero-order valence-corrected chi connectivity index (χ0v) is 20.1. The fourth-order valence-electron chi connectivity index (χ4n) is 3.46. The van der Waals surface area contributed by atoms with Crippen LogP contribution < -0.4 is 9.64 Å². The van der Waals surface area contributed by atoms with Gasteiger partial charge in [0.05, 0.1) is 39.5 Å². The molecule has 2 heterocycles. The maximum absolute atomic E-state index is 14.9. The van der Waals surface area contributed by atoms with Crippen molar-refractivity contribution in [2.45, 2.75) is 11.8 Å². The third-order valence-electron chi connectivity index (χ3n) is 4.97. The summed E-state index contributed by atoms with van der Waals surface area (Å²) in [5.74, 6) is -0.0975. The molecule has 2 aromatic heterocycles. The smallest absolute Gasteiger partial charge is 0.231 e. The Morgan fingerprint density at radius 1 is 1.18 bits per heavy atom. The van der Waals surface area contributed by atoms with Gasteiger partial charge in [-0.3, -0.25) is 5.10 Å². The molecule has 0 unspecified atom stereocenters. The highest BCUT2D eigenvalue weighted by atomic mass is 35.5. The van der Waals surface area contributed by atoms with Gasteiger partial charge in [-0.25, -0.2) is 22.8 Å². The van der Waals surface area contributed by atoms with Crippen LogP contribution in [0.1, 0.15) is 6.92 Å². The molecular weight excluding hydrogens is 492 g/mol. The maximum Gasteiger partial charge on any atom is 0.231 e. The Morgan fingerprint density at radius 3 is 2.61 bits per heavy atom. The number of fused-ring (bicyclic) bond motifs is 1. The first-order valence-corrected chi connectivity index (χ1v) is 12.3. The van der Waals surface area contributed by atoms with E-state index in [1.54, 1.807) is 11.0 Å². The Kier molecular flexibility index (Phi) is 6.17. The Labute approximate surface area is 199 Å². The number of ether oxygens (including phenoxy) is 1. The lowest BCUT2D eigenvalue weighted by molar-refractivity contribution is 0.413. The average molecular weight is 510 g/mol. The van der Waals surface area contributed by atoms with Crippen molar-refractivity contribution in [3.8, 4) is 17.0 Å². The molecule has 4 rings (SSSR count). The second-order valence-electron chi connectivity index (χ2n) is 7.07. The lowest BCUT2D eigenvalue weighted by Crippen LogP contribution is -2.20. The number of H-pyrrole nitrogens is 1. The summed E-state index contributed by atoms with van der Waals surface area (Å²) in [5, 5.41) is 7.02. The van der Waals surface area contributed by atoms with Crippen LogP contribution in [0.4, 0.5) is 16.0 Å². The van der Waals surface area contributed by atoms with Crippen LogP contribution in [0.2, 0.25) is 10.0 Å². The van der Waals surface area contributed by atoms with Gasteiger partial charge in [0.2, 0.25) is 5.95 Å². The second kappa shape index (κ2) is 8.77. The van der Waals surface area contributed by atoms with Crippen molar-refractivity contribution in [1.82, 2.24) is 20.2 Å². The first-order chi connectivity index (χ1) is 15.7.